The summed E-state index contributed by atoms with van der Waals surface area (Å²) >= 11 is 3.11. The molecule has 68 valence electrons. The molecule has 0 aliphatic rings. The van der Waals surface area contributed by atoms with E-state index < -0.39 is 0 Å². The molecule has 0 saturated heterocycles. The smallest absolute Gasteiger partial charge is 0.176 e. The number of ketones is 1. The molecule has 1 heterocycles. The number of carbonyl (C=O) groups is 1. The second-order valence-electron chi connectivity index (χ2n) is 2.32. The Hall–Kier alpha value is -0.160. The van der Waals surface area contributed by atoms with Gasteiger partial charge in [0.05, 0.1) is 17.1 Å². The van der Waals surface area contributed by atoms with Gasteiger partial charge < -0.3 is 0 Å². The summed E-state index contributed by atoms with van der Waals surface area (Å²) < 4.78 is 1.69. The standard InChI is InChI=1S/C7H9BrN2O.BrH/c1-5-6(7(11)3-8)4-9-10(5)2;/h4H,3H2,1-2H3;1H. The molecule has 0 radical (unpaired) electrons. The van der Waals surface area contributed by atoms with Crippen LogP contribution in [-0.2, 0) is 7.05 Å². The molecule has 0 unspecified atom stereocenters. The molecule has 1 rings (SSSR count). The minimum Gasteiger partial charge on any atom is -0.293 e. The first kappa shape index (κ1) is 11.8. The van der Waals surface area contributed by atoms with Crippen LogP contribution < -0.4 is 0 Å². The number of hydrogen-bond acceptors (Lipinski definition) is 2. The second-order valence-corrected chi connectivity index (χ2v) is 2.88. The van der Waals surface area contributed by atoms with E-state index in [0.717, 1.165) is 5.69 Å². The zero-order chi connectivity index (χ0) is 8.43. The SMILES string of the molecule is Br.Cc1c(C(=O)CBr)cnn1C. The molecule has 0 N–H and O–H groups in total. The molecule has 0 amide bonds. The van der Waals surface area contributed by atoms with Crippen LogP contribution in [-0.4, -0.2) is 20.9 Å². The average molecular weight is 298 g/mol. The highest BCUT2D eigenvalue weighted by molar-refractivity contribution is 9.09. The van der Waals surface area contributed by atoms with Crippen molar-refractivity contribution in [2.75, 3.05) is 5.33 Å². The van der Waals surface area contributed by atoms with Gasteiger partial charge in [0.2, 0.25) is 0 Å². The monoisotopic (exact) mass is 296 g/mol. The van der Waals surface area contributed by atoms with Crippen LogP contribution in [0.1, 0.15) is 16.1 Å². The first-order valence-corrected chi connectivity index (χ1v) is 4.36. The fourth-order valence-corrected chi connectivity index (χ4v) is 1.15. The minimum absolute atomic E-state index is 0. The van der Waals surface area contributed by atoms with Gasteiger partial charge in [-0.3, -0.25) is 9.48 Å². The number of Topliss-reactive ketones (excluding diaryl/α,β-unsaturated/α-hetero) is 1. The quantitative estimate of drug-likeness (QED) is 0.617. The lowest BCUT2D eigenvalue weighted by Crippen LogP contribution is -2.02. The molecule has 1 aromatic rings. The molecular formula is C7H10Br2N2O. The third-order valence-electron chi connectivity index (χ3n) is 1.66. The molecule has 0 fully saturated rings. The first-order valence-electron chi connectivity index (χ1n) is 3.24. The van der Waals surface area contributed by atoms with Crippen molar-refractivity contribution >= 4 is 38.7 Å². The molecule has 0 bridgehead atoms. The molecule has 12 heavy (non-hydrogen) atoms. The number of aryl methyl sites for hydroxylation is 1. The summed E-state index contributed by atoms with van der Waals surface area (Å²) in [5.41, 5.74) is 1.61. The molecular weight excluding hydrogens is 288 g/mol. The molecule has 0 aliphatic carbocycles. The van der Waals surface area contributed by atoms with Gasteiger partial charge in [0.1, 0.15) is 0 Å². The first-order chi connectivity index (χ1) is 5.16. The van der Waals surface area contributed by atoms with Crippen molar-refractivity contribution in [2.24, 2.45) is 7.05 Å². The number of halogens is 2. The fourth-order valence-electron chi connectivity index (χ4n) is 0.844. The zero-order valence-electron chi connectivity index (χ0n) is 6.87. The summed E-state index contributed by atoms with van der Waals surface area (Å²) in [4.78, 5) is 11.1. The largest absolute Gasteiger partial charge is 0.293 e. The lowest BCUT2D eigenvalue weighted by molar-refractivity contribution is 0.102. The van der Waals surface area contributed by atoms with Crippen molar-refractivity contribution < 1.29 is 4.79 Å². The van der Waals surface area contributed by atoms with E-state index in [1.54, 1.807) is 10.9 Å². The number of carbonyl (C=O) groups excluding carboxylic acids is 1. The summed E-state index contributed by atoms with van der Waals surface area (Å²) in [6.07, 6.45) is 1.60. The van der Waals surface area contributed by atoms with Crippen LogP contribution in [0.4, 0.5) is 0 Å². The number of alkyl halides is 1. The Morgan fingerprint density at radius 2 is 2.33 bits per heavy atom. The third kappa shape index (κ3) is 2.17. The highest BCUT2D eigenvalue weighted by Crippen LogP contribution is 2.07. The van der Waals surface area contributed by atoms with Gasteiger partial charge in [-0.25, -0.2) is 0 Å². The van der Waals surface area contributed by atoms with Crippen molar-refractivity contribution in [2.45, 2.75) is 6.92 Å². The molecule has 0 spiro atoms. The van der Waals surface area contributed by atoms with Crippen LogP contribution in [0.3, 0.4) is 0 Å². The molecule has 0 aliphatic heterocycles. The number of hydrogen-bond donors (Lipinski definition) is 0. The maximum atomic E-state index is 11.1. The van der Waals surface area contributed by atoms with E-state index in [1.807, 2.05) is 14.0 Å². The van der Waals surface area contributed by atoms with Gasteiger partial charge in [-0.2, -0.15) is 5.10 Å². The van der Waals surface area contributed by atoms with E-state index in [4.69, 9.17) is 0 Å². The molecule has 3 nitrogen and oxygen atoms in total. The second kappa shape index (κ2) is 4.77. The van der Waals surface area contributed by atoms with Crippen molar-refractivity contribution in [1.82, 2.24) is 9.78 Å². The molecule has 0 atom stereocenters. The molecule has 1 aromatic heterocycles. The highest BCUT2D eigenvalue weighted by Gasteiger charge is 2.10. The van der Waals surface area contributed by atoms with Gasteiger partial charge in [0.15, 0.2) is 5.78 Å². The number of nitrogens with zero attached hydrogens (tertiary/aromatic N) is 2. The lowest BCUT2D eigenvalue weighted by Gasteiger charge is -1.95. The van der Waals surface area contributed by atoms with Crippen molar-refractivity contribution in [3.05, 3.63) is 17.5 Å². The topological polar surface area (TPSA) is 34.9 Å². The van der Waals surface area contributed by atoms with Gasteiger partial charge in [-0.15, -0.1) is 17.0 Å². The maximum Gasteiger partial charge on any atom is 0.176 e. The normalized spacial score (nSPS) is 9.25. The van der Waals surface area contributed by atoms with Crippen LogP contribution in [0.5, 0.6) is 0 Å². The molecule has 5 heteroatoms. The van der Waals surface area contributed by atoms with Gasteiger partial charge in [0.25, 0.3) is 0 Å². The van der Waals surface area contributed by atoms with Crippen molar-refractivity contribution in [3.63, 3.8) is 0 Å². The molecule has 0 aromatic carbocycles. The fraction of sp³-hybridized carbons (Fsp3) is 0.429. The Bertz CT molecular complexity index is 283. The average Bonchev–Trinajstić information content (AvgIpc) is 2.32. The van der Waals surface area contributed by atoms with Crippen LogP contribution in [0, 0.1) is 6.92 Å². The van der Waals surface area contributed by atoms with E-state index in [9.17, 15) is 4.79 Å². The molecule has 0 saturated carbocycles. The summed E-state index contributed by atoms with van der Waals surface area (Å²) in [6.45, 7) is 1.88. The Balaban J connectivity index is 0.00000121. The number of aromatic nitrogens is 2. The third-order valence-corrected chi connectivity index (χ3v) is 2.17. The zero-order valence-corrected chi connectivity index (χ0v) is 10.2. The van der Waals surface area contributed by atoms with Crippen LogP contribution in [0.2, 0.25) is 0 Å². The van der Waals surface area contributed by atoms with E-state index >= 15 is 0 Å². The Kier molecular flexibility index (Phi) is 4.70. The van der Waals surface area contributed by atoms with Gasteiger partial charge in [0, 0.05) is 12.7 Å². The van der Waals surface area contributed by atoms with Crippen LogP contribution in [0.25, 0.3) is 0 Å². The Labute approximate surface area is 90.0 Å². The summed E-state index contributed by atoms with van der Waals surface area (Å²) in [5.74, 6) is 0.0793. The highest BCUT2D eigenvalue weighted by atomic mass is 79.9. The lowest BCUT2D eigenvalue weighted by atomic mass is 10.2. The van der Waals surface area contributed by atoms with Gasteiger partial charge in [-0.1, -0.05) is 15.9 Å². The van der Waals surface area contributed by atoms with Crippen LogP contribution >= 0.6 is 32.9 Å². The summed E-state index contributed by atoms with van der Waals surface area (Å²) in [6, 6.07) is 0. The van der Waals surface area contributed by atoms with E-state index in [0.29, 0.717) is 10.9 Å². The predicted octanol–water partition coefficient (Wildman–Crippen LogP) is 1.88. The predicted molar refractivity (Wildman–Crippen MR) is 56.4 cm³/mol. The van der Waals surface area contributed by atoms with E-state index in [1.165, 1.54) is 0 Å². The van der Waals surface area contributed by atoms with Gasteiger partial charge >= 0.3 is 0 Å². The van der Waals surface area contributed by atoms with Crippen LogP contribution in [0.15, 0.2) is 6.20 Å². The minimum atomic E-state index is 0. The Morgan fingerprint density at radius 3 is 2.67 bits per heavy atom. The van der Waals surface area contributed by atoms with Gasteiger partial charge in [-0.05, 0) is 6.92 Å². The van der Waals surface area contributed by atoms with Crippen molar-refractivity contribution in [3.8, 4) is 0 Å². The number of rotatable bonds is 2. The summed E-state index contributed by atoms with van der Waals surface area (Å²) in [5, 5.41) is 4.32. The summed E-state index contributed by atoms with van der Waals surface area (Å²) in [7, 11) is 1.82. The Morgan fingerprint density at radius 1 is 1.75 bits per heavy atom. The maximum absolute atomic E-state index is 11.1. The van der Waals surface area contributed by atoms with E-state index in [-0.39, 0.29) is 22.8 Å². The van der Waals surface area contributed by atoms with E-state index in [2.05, 4.69) is 21.0 Å². The van der Waals surface area contributed by atoms with Crippen molar-refractivity contribution in [1.29, 1.82) is 0 Å².